The zero-order valence-electron chi connectivity index (χ0n) is 9.40. The third-order valence-corrected chi connectivity index (χ3v) is 2.31. The molecule has 1 atom stereocenters. The van der Waals surface area contributed by atoms with Crippen LogP contribution in [0.4, 0.5) is 0 Å². The summed E-state index contributed by atoms with van der Waals surface area (Å²) in [7, 11) is 0. The fourth-order valence-electron chi connectivity index (χ4n) is 1.47. The van der Waals surface area contributed by atoms with Crippen molar-refractivity contribution in [3.05, 3.63) is 29.3 Å². The Balaban J connectivity index is 2.77. The topological polar surface area (TPSA) is 69.6 Å². The molecule has 0 amide bonds. The molecule has 0 bridgehead atoms. The van der Waals surface area contributed by atoms with Crippen LogP contribution in [-0.2, 0) is 16.0 Å². The molecule has 16 heavy (non-hydrogen) atoms. The van der Waals surface area contributed by atoms with E-state index in [1.54, 1.807) is 32.0 Å². The summed E-state index contributed by atoms with van der Waals surface area (Å²) >= 11 is 0. The highest BCUT2D eigenvalue weighted by Gasteiger charge is 2.11. The van der Waals surface area contributed by atoms with Gasteiger partial charge in [0.1, 0.15) is 11.9 Å². The number of carboxylic acid groups (broad SMARTS) is 1. The van der Waals surface area contributed by atoms with E-state index >= 15 is 0 Å². The number of rotatable bonds is 5. The Morgan fingerprint density at radius 3 is 2.75 bits per heavy atom. The second kappa shape index (κ2) is 5.51. The van der Waals surface area contributed by atoms with Crippen LogP contribution in [0.15, 0.2) is 18.2 Å². The Labute approximate surface area is 94.5 Å². The highest BCUT2D eigenvalue weighted by atomic mass is 16.5. The number of hydrogen-bond donors (Lipinski definition) is 1. The maximum atomic E-state index is 10.8. The van der Waals surface area contributed by atoms with Gasteiger partial charge in [-0.2, -0.15) is 0 Å². The van der Waals surface area contributed by atoms with Gasteiger partial charge >= 0.3 is 0 Å². The first-order valence-electron chi connectivity index (χ1n) is 5.15. The highest BCUT2D eigenvalue weighted by Crippen LogP contribution is 2.18. The number of aliphatic carboxylic acids is 1. The molecule has 0 aliphatic carbocycles. The Kier molecular flexibility index (Phi) is 4.31. The molecule has 1 aromatic carbocycles. The lowest BCUT2D eigenvalue weighted by Gasteiger charge is -2.18. The molecule has 4 heteroatoms. The number of ether oxygens (including phenoxy) is 1. The van der Waals surface area contributed by atoms with Gasteiger partial charge in [0.15, 0.2) is 0 Å². The van der Waals surface area contributed by atoms with Crippen LogP contribution in [-0.4, -0.2) is 23.8 Å². The van der Waals surface area contributed by atoms with Crippen molar-refractivity contribution in [2.75, 3.05) is 6.61 Å². The fraction of sp³-hybridized carbons (Fsp3) is 0.417. The molecule has 4 nitrogen and oxygen atoms in total. The van der Waals surface area contributed by atoms with Gasteiger partial charge in [-0.25, -0.2) is 0 Å². The summed E-state index contributed by atoms with van der Waals surface area (Å²) in [5, 5.41) is 20.1. The van der Waals surface area contributed by atoms with Crippen molar-refractivity contribution in [3.63, 3.8) is 0 Å². The summed E-state index contributed by atoms with van der Waals surface area (Å²) in [6.45, 7) is 3.82. The number of phenols is 1. The van der Waals surface area contributed by atoms with Crippen molar-refractivity contribution in [2.45, 2.75) is 26.4 Å². The van der Waals surface area contributed by atoms with Crippen LogP contribution >= 0.6 is 0 Å². The second-order valence-electron chi connectivity index (χ2n) is 3.59. The molecule has 0 heterocycles. The summed E-state index contributed by atoms with van der Waals surface area (Å²) in [6.07, 6.45) is -0.689. The van der Waals surface area contributed by atoms with Crippen LogP contribution < -0.4 is 5.11 Å². The van der Waals surface area contributed by atoms with Crippen LogP contribution in [0.5, 0.6) is 5.75 Å². The lowest BCUT2D eigenvalue weighted by molar-refractivity contribution is -0.316. The predicted octanol–water partition coefficient (Wildman–Crippen LogP) is 0.398. The van der Waals surface area contributed by atoms with Gasteiger partial charge < -0.3 is 19.7 Å². The van der Waals surface area contributed by atoms with E-state index in [0.717, 1.165) is 5.56 Å². The summed E-state index contributed by atoms with van der Waals surface area (Å²) in [4.78, 5) is 10.8. The summed E-state index contributed by atoms with van der Waals surface area (Å²) in [5.74, 6) is -1.02. The van der Waals surface area contributed by atoms with Crippen molar-refractivity contribution in [3.8, 4) is 5.75 Å². The van der Waals surface area contributed by atoms with Gasteiger partial charge in [0.05, 0.1) is 5.97 Å². The zero-order valence-corrected chi connectivity index (χ0v) is 9.40. The van der Waals surface area contributed by atoms with Gasteiger partial charge in [-0.3, -0.25) is 0 Å². The van der Waals surface area contributed by atoms with Gasteiger partial charge in [-0.05, 0) is 31.0 Å². The SMILES string of the molecule is CCOC(Cc1ccc(O)c(C)c1)C(=O)[O-]. The molecule has 1 rings (SSSR count). The zero-order chi connectivity index (χ0) is 12.1. The molecule has 0 saturated heterocycles. The van der Waals surface area contributed by atoms with Gasteiger partial charge in [-0.1, -0.05) is 12.1 Å². The van der Waals surface area contributed by atoms with E-state index in [1.807, 2.05) is 0 Å². The number of aryl methyl sites for hydroxylation is 1. The molecule has 0 aliphatic rings. The van der Waals surface area contributed by atoms with Crippen LogP contribution in [0.3, 0.4) is 0 Å². The van der Waals surface area contributed by atoms with E-state index in [-0.39, 0.29) is 12.2 Å². The number of carboxylic acids is 1. The first-order valence-corrected chi connectivity index (χ1v) is 5.15. The predicted molar refractivity (Wildman–Crippen MR) is 57.0 cm³/mol. The molecule has 0 fully saturated rings. The van der Waals surface area contributed by atoms with E-state index in [2.05, 4.69) is 0 Å². The lowest BCUT2D eigenvalue weighted by atomic mass is 10.0. The largest absolute Gasteiger partial charge is 0.547 e. The minimum atomic E-state index is -1.22. The maximum Gasteiger partial charge on any atom is 0.118 e. The van der Waals surface area contributed by atoms with Crippen molar-refractivity contribution in [1.82, 2.24) is 0 Å². The Hall–Kier alpha value is -1.55. The first kappa shape index (κ1) is 12.5. The fourth-order valence-corrected chi connectivity index (χ4v) is 1.47. The quantitative estimate of drug-likeness (QED) is 0.784. The van der Waals surface area contributed by atoms with Crippen molar-refractivity contribution in [2.24, 2.45) is 0 Å². The molecule has 0 aromatic heterocycles. The number of carbonyl (C=O) groups excluding carboxylic acids is 1. The number of aromatic hydroxyl groups is 1. The monoisotopic (exact) mass is 223 g/mol. The van der Waals surface area contributed by atoms with Gasteiger partial charge in [0, 0.05) is 13.0 Å². The molecule has 0 aliphatic heterocycles. The molecule has 1 unspecified atom stereocenters. The molecule has 1 N–H and O–H groups in total. The Morgan fingerprint density at radius 2 is 2.25 bits per heavy atom. The van der Waals surface area contributed by atoms with Crippen LogP contribution in [0.2, 0.25) is 0 Å². The van der Waals surface area contributed by atoms with Crippen molar-refractivity contribution >= 4 is 5.97 Å². The van der Waals surface area contributed by atoms with E-state index < -0.39 is 12.1 Å². The average molecular weight is 223 g/mol. The molecule has 88 valence electrons. The van der Waals surface area contributed by atoms with Gasteiger partial charge in [-0.15, -0.1) is 0 Å². The van der Waals surface area contributed by atoms with E-state index in [1.165, 1.54) is 0 Å². The molecule has 0 radical (unpaired) electrons. The molecule has 0 saturated carbocycles. The third kappa shape index (κ3) is 3.24. The van der Waals surface area contributed by atoms with Gasteiger partial charge in [0.2, 0.25) is 0 Å². The standard InChI is InChI=1S/C12H16O4/c1-3-16-11(12(14)15)7-9-4-5-10(13)8(2)6-9/h4-6,11,13H,3,7H2,1-2H3,(H,14,15)/p-1. The molecule has 0 spiro atoms. The molecular formula is C12H15O4-. The van der Waals surface area contributed by atoms with Crippen LogP contribution in [0.25, 0.3) is 0 Å². The Bertz CT molecular complexity index is 373. The number of carbonyl (C=O) groups is 1. The van der Waals surface area contributed by atoms with E-state index in [9.17, 15) is 15.0 Å². The van der Waals surface area contributed by atoms with Crippen molar-refractivity contribution in [1.29, 1.82) is 0 Å². The lowest BCUT2D eigenvalue weighted by Crippen LogP contribution is -2.39. The van der Waals surface area contributed by atoms with Crippen molar-refractivity contribution < 1.29 is 19.7 Å². The van der Waals surface area contributed by atoms with Crippen LogP contribution in [0, 0.1) is 6.92 Å². The molecule has 1 aromatic rings. The average Bonchev–Trinajstić information content (AvgIpc) is 2.22. The maximum absolute atomic E-state index is 10.8. The molecular weight excluding hydrogens is 208 g/mol. The number of benzene rings is 1. The normalized spacial score (nSPS) is 12.4. The van der Waals surface area contributed by atoms with Crippen LogP contribution in [0.1, 0.15) is 18.1 Å². The summed E-state index contributed by atoms with van der Waals surface area (Å²) in [6, 6.07) is 4.96. The Morgan fingerprint density at radius 1 is 1.56 bits per heavy atom. The second-order valence-corrected chi connectivity index (χ2v) is 3.59. The summed E-state index contributed by atoms with van der Waals surface area (Å²) in [5.41, 5.74) is 1.52. The first-order chi connectivity index (χ1) is 7.54. The smallest absolute Gasteiger partial charge is 0.118 e. The highest BCUT2D eigenvalue weighted by molar-refractivity contribution is 5.70. The van der Waals surface area contributed by atoms with Gasteiger partial charge in [0.25, 0.3) is 0 Å². The van der Waals surface area contributed by atoms with E-state index in [4.69, 9.17) is 4.74 Å². The minimum Gasteiger partial charge on any atom is -0.547 e. The van der Waals surface area contributed by atoms with E-state index in [0.29, 0.717) is 12.2 Å². The summed E-state index contributed by atoms with van der Waals surface area (Å²) < 4.78 is 5.05. The number of phenolic OH excluding ortho intramolecular Hbond substituents is 1. The number of hydrogen-bond acceptors (Lipinski definition) is 4. The third-order valence-electron chi connectivity index (χ3n) is 2.31. The minimum absolute atomic E-state index is 0.199.